The second kappa shape index (κ2) is 9.59. The van der Waals surface area contributed by atoms with Crippen LogP contribution in [0, 0.1) is 13.8 Å². The van der Waals surface area contributed by atoms with Crippen LogP contribution in [0.15, 0.2) is 4.52 Å². The van der Waals surface area contributed by atoms with Crippen LogP contribution >= 0.6 is 11.3 Å². The Hall–Kier alpha value is -2.75. The van der Waals surface area contributed by atoms with Crippen molar-refractivity contribution in [3.63, 3.8) is 0 Å². The lowest BCUT2D eigenvalue weighted by Crippen LogP contribution is -2.45. The van der Waals surface area contributed by atoms with E-state index in [9.17, 15) is 14.4 Å². The van der Waals surface area contributed by atoms with Crippen molar-refractivity contribution in [3.05, 3.63) is 27.7 Å². The zero-order valence-electron chi connectivity index (χ0n) is 18.2. The van der Waals surface area contributed by atoms with Crippen molar-refractivity contribution >= 4 is 34.1 Å². The maximum Gasteiger partial charge on any atom is 0.251 e. The molecule has 9 nitrogen and oxygen atoms in total. The average molecular weight is 448 g/mol. The lowest BCUT2D eigenvalue weighted by atomic mass is 9.89. The SMILES string of the molecule is CC(=O)NC1(c2noc(CCC(=O)Nc3sc(C)c(C)c3C(N)=O)n2)CCCCCC1. The molecule has 2 heterocycles. The molecule has 2 aromatic rings. The average Bonchev–Trinajstić information content (AvgIpc) is 3.19. The highest BCUT2D eigenvalue weighted by atomic mass is 32.1. The van der Waals surface area contributed by atoms with E-state index >= 15 is 0 Å². The molecule has 0 aromatic carbocycles. The first-order valence-corrected chi connectivity index (χ1v) is 11.3. The molecular weight excluding hydrogens is 418 g/mol. The Kier molecular flexibility index (Phi) is 7.09. The van der Waals surface area contributed by atoms with E-state index in [4.69, 9.17) is 10.3 Å². The van der Waals surface area contributed by atoms with Crippen LogP contribution in [-0.2, 0) is 21.5 Å². The van der Waals surface area contributed by atoms with Gasteiger partial charge in [-0.1, -0.05) is 30.8 Å². The van der Waals surface area contributed by atoms with Crippen molar-refractivity contribution in [2.75, 3.05) is 5.32 Å². The number of primary amides is 1. The van der Waals surface area contributed by atoms with E-state index in [0.29, 0.717) is 22.3 Å². The Morgan fingerprint density at radius 2 is 1.84 bits per heavy atom. The summed E-state index contributed by atoms with van der Waals surface area (Å²) in [7, 11) is 0. The summed E-state index contributed by atoms with van der Waals surface area (Å²) < 4.78 is 5.39. The van der Waals surface area contributed by atoms with Gasteiger partial charge in [-0.3, -0.25) is 14.4 Å². The number of carbonyl (C=O) groups is 3. The first-order chi connectivity index (χ1) is 14.7. The van der Waals surface area contributed by atoms with Crippen molar-refractivity contribution in [2.24, 2.45) is 5.73 Å². The summed E-state index contributed by atoms with van der Waals surface area (Å²) in [5.74, 6) is -0.146. The second-order valence-electron chi connectivity index (χ2n) is 8.09. The molecule has 0 saturated heterocycles. The number of aryl methyl sites for hydroxylation is 2. The van der Waals surface area contributed by atoms with Crippen LogP contribution in [0.3, 0.4) is 0 Å². The molecule has 4 N–H and O–H groups in total. The first kappa shape index (κ1) is 22.9. The smallest absolute Gasteiger partial charge is 0.251 e. The molecular formula is C21H29N5O4S. The Bertz CT molecular complexity index is 973. The summed E-state index contributed by atoms with van der Waals surface area (Å²) in [6.45, 7) is 5.17. The van der Waals surface area contributed by atoms with E-state index in [1.54, 1.807) is 6.92 Å². The van der Waals surface area contributed by atoms with Gasteiger partial charge in [-0.2, -0.15) is 4.98 Å². The third kappa shape index (κ3) is 5.30. The van der Waals surface area contributed by atoms with Crippen LogP contribution in [-0.4, -0.2) is 27.9 Å². The fourth-order valence-corrected chi connectivity index (χ4v) is 5.13. The fraction of sp³-hybridized carbons (Fsp3) is 0.571. The summed E-state index contributed by atoms with van der Waals surface area (Å²) in [4.78, 5) is 41.4. The van der Waals surface area contributed by atoms with Crippen LogP contribution < -0.4 is 16.4 Å². The fourth-order valence-electron chi connectivity index (χ4n) is 4.05. The minimum Gasteiger partial charge on any atom is -0.365 e. The van der Waals surface area contributed by atoms with E-state index in [0.717, 1.165) is 49.0 Å². The highest BCUT2D eigenvalue weighted by Gasteiger charge is 2.38. The molecule has 1 aliphatic rings. The number of thiophene rings is 1. The summed E-state index contributed by atoms with van der Waals surface area (Å²) in [6, 6.07) is 0. The molecule has 2 aromatic heterocycles. The quantitative estimate of drug-likeness (QED) is 0.557. The van der Waals surface area contributed by atoms with Gasteiger partial charge in [-0.05, 0) is 32.3 Å². The third-order valence-electron chi connectivity index (χ3n) is 5.72. The van der Waals surface area contributed by atoms with Gasteiger partial charge in [0, 0.05) is 24.6 Å². The van der Waals surface area contributed by atoms with Crippen molar-refractivity contribution in [1.29, 1.82) is 0 Å². The zero-order valence-corrected chi connectivity index (χ0v) is 19.0. The lowest BCUT2D eigenvalue weighted by Gasteiger charge is -2.30. The number of nitrogens with one attached hydrogen (secondary N) is 2. The van der Waals surface area contributed by atoms with E-state index in [1.807, 2.05) is 6.92 Å². The summed E-state index contributed by atoms with van der Waals surface area (Å²) in [6.07, 6.45) is 6.08. The van der Waals surface area contributed by atoms with Gasteiger partial charge in [-0.15, -0.1) is 11.3 Å². The molecule has 1 saturated carbocycles. The molecule has 0 radical (unpaired) electrons. The zero-order chi connectivity index (χ0) is 22.6. The first-order valence-electron chi connectivity index (χ1n) is 10.5. The molecule has 3 amide bonds. The van der Waals surface area contributed by atoms with Gasteiger partial charge in [0.1, 0.15) is 10.5 Å². The molecule has 0 aliphatic heterocycles. The molecule has 0 atom stereocenters. The molecule has 1 aliphatic carbocycles. The minimum atomic E-state index is -0.616. The predicted molar refractivity (Wildman–Crippen MR) is 117 cm³/mol. The third-order valence-corrected chi connectivity index (χ3v) is 6.84. The van der Waals surface area contributed by atoms with Gasteiger partial charge in [-0.25, -0.2) is 0 Å². The number of rotatable bonds is 7. The predicted octanol–water partition coefficient (Wildman–Crippen LogP) is 3.10. The molecule has 3 rings (SSSR count). The van der Waals surface area contributed by atoms with E-state index in [1.165, 1.54) is 18.3 Å². The highest BCUT2D eigenvalue weighted by Crippen LogP contribution is 2.35. The summed E-state index contributed by atoms with van der Waals surface area (Å²) in [5.41, 5.74) is 5.97. The highest BCUT2D eigenvalue weighted by molar-refractivity contribution is 7.16. The van der Waals surface area contributed by atoms with Crippen LogP contribution in [0.5, 0.6) is 0 Å². The summed E-state index contributed by atoms with van der Waals surface area (Å²) in [5, 5.41) is 10.4. The number of anilines is 1. The number of amides is 3. The Morgan fingerprint density at radius 1 is 1.16 bits per heavy atom. The van der Waals surface area contributed by atoms with Gasteiger partial charge < -0.3 is 20.9 Å². The number of aromatic nitrogens is 2. The van der Waals surface area contributed by atoms with Crippen LogP contribution in [0.1, 0.15) is 84.4 Å². The van der Waals surface area contributed by atoms with Crippen molar-refractivity contribution in [1.82, 2.24) is 15.5 Å². The number of hydrogen-bond donors (Lipinski definition) is 3. The maximum absolute atomic E-state index is 12.4. The van der Waals surface area contributed by atoms with Crippen LogP contribution in [0.25, 0.3) is 0 Å². The molecule has 168 valence electrons. The second-order valence-corrected chi connectivity index (χ2v) is 9.31. The van der Waals surface area contributed by atoms with Gasteiger partial charge in [0.2, 0.25) is 17.7 Å². The normalized spacial score (nSPS) is 15.8. The van der Waals surface area contributed by atoms with E-state index in [-0.39, 0.29) is 24.7 Å². The number of nitrogens with zero attached hydrogens (tertiary/aromatic N) is 2. The molecule has 0 bridgehead atoms. The monoisotopic (exact) mass is 447 g/mol. The Balaban J connectivity index is 1.67. The molecule has 31 heavy (non-hydrogen) atoms. The van der Waals surface area contributed by atoms with Gasteiger partial charge in [0.25, 0.3) is 5.91 Å². The Morgan fingerprint density at radius 3 is 2.45 bits per heavy atom. The standard InChI is InChI=1S/C21H29N5O4S/c1-12-13(2)31-19(17(12)18(22)29)23-15(28)8-9-16-24-20(26-30-16)21(25-14(3)27)10-6-4-5-7-11-21/h4-11H2,1-3H3,(H2,22,29)(H,23,28)(H,25,27). The van der Waals surface area contributed by atoms with E-state index < -0.39 is 11.4 Å². The lowest BCUT2D eigenvalue weighted by molar-refractivity contribution is -0.121. The van der Waals surface area contributed by atoms with Crippen LogP contribution in [0.4, 0.5) is 5.00 Å². The largest absolute Gasteiger partial charge is 0.365 e. The summed E-state index contributed by atoms with van der Waals surface area (Å²) >= 11 is 1.32. The van der Waals surface area contributed by atoms with Crippen LogP contribution in [0.2, 0.25) is 0 Å². The van der Waals surface area contributed by atoms with Crippen molar-refractivity contribution < 1.29 is 18.9 Å². The van der Waals surface area contributed by atoms with E-state index in [2.05, 4.69) is 20.8 Å². The molecule has 0 spiro atoms. The molecule has 0 unspecified atom stereocenters. The Labute approximate surface area is 185 Å². The minimum absolute atomic E-state index is 0.114. The maximum atomic E-state index is 12.4. The molecule has 1 fully saturated rings. The van der Waals surface area contributed by atoms with Crippen molar-refractivity contribution in [2.45, 2.75) is 77.7 Å². The topological polar surface area (TPSA) is 140 Å². The number of nitrogens with two attached hydrogens (primary N) is 1. The number of hydrogen-bond acceptors (Lipinski definition) is 7. The van der Waals surface area contributed by atoms with Gasteiger partial charge >= 0.3 is 0 Å². The van der Waals surface area contributed by atoms with Gasteiger partial charge in [0.05, 0.1) is 5.56 Å². The van der Waals surface area contributed by atoms with Gasteiger partial charge in [0.15, 0.2) is 5.82 Å². The number of carbonyl (C=O) groups excluding carboxylic acids is 3. The molecule has 10 heteroatoms. The van der Waals surface area contributed by atoms with Crippen molar-refractivity contribution in [3.8, 4) is 0 Å².